The van der Waals surface area contributed by atoms with Crippen LogP contribution in [-0.2, 0) is 83.5 Å². The van der Waals surface area contributed by atoms with Gasteiger partial charge in [-0.1, -0.05) is 258 Å². The summed E-state index contributed by atoms with van der Waals surface area (Å²) in [4.78, 5) is 31.7. The molecule has 75 heavy (non-hydrogen) atoms. The van der Waals surface area contributed by atoms with Crippen molar-refractivity contribution in [1.29, 1.82) is 0 Å². The molecule has 18 nitrogen and oxygen atoms in total. The third-order valence-corrected chi connectivity index (χ3v) is 15.7. The van der Waals surface area contributed by atoms with Gasteiger partial charge in [-0.05, 0) is 115 Å². The summed E-state index contributed by atoms with van der Waals surface area (Å²) in [5, 5.41) is 45.5. The predicted molar refractivity (Wildman–Crippen MR) is 285 cm³/mol. The molecule has 2 aliphatic rings. The van der Waals surface area contributed by atoms with Gasteiger partial charge in [0, 0.05) is 0 Å². The second kappa shape index (κ2) is 55.5. The molecular formula is C56H111O18P. The molecule has 448 valence electrons. The van der Waals surface area contributed by atoms with Crippen molar-refractivity contribution in [2.24, 2.45) is 0 Å². The van der Waals surface area contributed by atoms with Crippen molar-refractivity contribution in [3.63, 3.8) is 0 Å². The Balaban J connectivity index is 1.65. The molecule has 2 aliphatic carbocycles. The Labute approximate surface area is 454 Å². The van der Waals surface area contributed by atoms with Crippen LogP contribution in [0.5, 0.6) is 0 Å². The molecule has 0 aliphatic heterocycles. The van der Waals surface area contributed by atoms with E-state index in [0.29, 0.717) is 38.5 Å². The van der Waals surface area contributed by atoms with Gasteiger partial charge in [-0.2, -0.15) is 0 Å². The van der Waals surface area contributed by atoms with Gasteiger partial charge in [-0.25, -0.2) is 24.1 Å². The SMILES string of the molecule is CCCCCCCCCCCCCCCCCCC(CCCOP(=O)(O)OCCCC(CCCCCCCCCCCCCCCCCC)OOOOOOOC1CCCCC1)OOOOOOOC1CCCCC1. The molecular weight excluding hydrogens is 992 g/mol. The van der Waals surface area contributed by atoms with E-state index in [9.17, 15) is 9.46 Å². The second-order valence-electron chi connectivity index (χ2n) is 21.4. The van der Waals surface area contributed by atoms with Gasteiger partial charge in [0.2, 0.25) is 0 Å². The van der Waals surface area contributed by atoms with Crippen molar-refractivity contribution in [3.05, 3.63) is 0 Å². The molecule has 0 radical (unpaired) electrons. The zero-order valence-corrected chi connectivity index (χ0v) is 48.4. The van der Waals surface area contributed by atoms with Crippen LogP contribution in [0.15, 0.2) is 0 Å². The van der Waals surface area contributed by atoms with E-state index < -0.39 is 20.0 Å². The zero-order chi connectivity index (χ0) is 53.5. The van der Waals surface area contributed by atoms with Crippen molar-refractivity contribution < 1.29 is 88.4 Å². The van der Waals surface area contributed by atoms with Gasteiger partial charge in [0.05, 0.1) is 37.6 Å². The summed E-state index contributed by atoms with van der Waals surface area (Å²) in [6.07, 6.45) is 53.3. The molecule has 2 fully saturated rings. The highest BCUT2D eigenvalue weighted by Gasteiger charge is 2.23. The van der Waals surface area contributed by atoms with Crippen LogP contribution in [0.2, 0.25) is 0 Å². The van der Waals surface area contributed by atoms with Crippen LogP contribution < -0.4 is 0 Å². The van der Waals surface area contributed by atoms with Crippen molar-refractivity contribution in [2.75, 3.05) is 13.2 Å². The molecule has 0 amide bonds. The van der Waals surface area contributed by atoms with Crippen LogP contribution in [-0.4, -0.2) is 42.5 Å². The van der Waals surface area contributed by atoms with Gasteiger partial charge in [0.1, 0.15) is 0 Å². The molecule has 2 rings (SSSR count). The average molecular weight is 1100 g/mol. The monoisotopic (exact) mass is 1100 g/mol. The number of rotatable bonds is 60. The van der Waals surface area contributed by atoms with Crippen LogP contribution in [0, 0.1) is 0 Å². The fraction of sp³-hybridized carbons (Fsp3) is 1.00. The highest BCUT2D eigenvalue weighted by molar-refractivity contribution is 7.47. The van der Waals surface area contributed by atoms with Crippen molar-refractivity contribution in [1.82, 2.24) is 0 Å². The molecule has 19 heteroatoms. The lowest BCUT2D eigenvalue weighted by molar-refractivity contribution is -0.794. The molecule has 0 spiro atoms. The molecule has 0 aromatic heterocycles. The number of unbranched alkanes of at least 4 members (excludes halogenated alkanes) is 30. The zero-order valence-electron chi connectivity index (χ0n) is 47.5. The fourth-order valence-electron chi connectivity index (χ4n) is 10.0. The molecule has 0 saturated heterocycles. The lowest BCUT2D eigenvalue weighted by atomic mass is 9.98. The van der Waals surface area contributed by atoms with Crippen LogP contribution in [0.1, 0.15) is 322 Å². The summed E-state index contributed by atoms with van der Waals surface area (Å²) < 4.78 is 23.5. The van der Waals surface area contributed by atoms with Gasteiger partial charge in [-0.15, -0.1) is 0 Å². The van der Waals surface area contributed by atoms with Gasteiger partial charge in [-0.3, -0.25) is 9.05 Å². The van der Waals surface area contributed by atoms with Gasteiger partial charge < -0.3 is 4.89 Å². The van der Waals surface area contributed by atoms with E-state index in [4.69, 9.17) is 38.7 Å². The molecule has 1 N–H and O–H groups in total. The highest BCUT2D eigenvalue weighted by Crippen LogP contribution is 2.43. The minimum atomic E-state index is -4.34. The summed E-state index contributed by atoms with van der Waals surface area (Å²) in [5.41, 5.74) is 0. The lowest BCUT2D eigenvalue weighted by Crippen LogP contribution is -2.18. The van der Waals surface area contributed by atoms with E-state index in [1.807, 2.05) is 0 Å². The second-order valence-corrected chi connectivity index (χ2v) is 22.9. The van der Waals surface area contributed by atoms with E-state index in [1.54, 1.807) is 0 Å². The maximum absolute atomic E-state index is 12.8. The Bertz CT molecular complexity index is 1100. The quantitative estimate of drug-likeness (QED) is 0.0262. The maximum Gasteiger partial charge on any atom is 0.472 e. The first-order valence-electron chi connectivity index (χ1n) is 30.9. The van der Waals surface area contributed by atoms with E-state index in [-0.39, 0.29) is 25.4 Å². The summed E-state index contributed by atoms with van der Waals surface area (Å²) in [5.74, 6) is 0. The van der Waals surface area contributed by atoms with Gasteiger partial charge >= 0.3 is 7.82 Å². The summed E-state index contributed by atoms with van der Waals surface area (Å²) >= 11 is 0. The molecule has 0 aromatic rings. The normalized spacial score (nSPS) is 16.5. The Kier molecular flexibility index (Phi) is 52.2. The summed E-state index contributed by atoms with van der Waals surface area (Å²) in [6.45, 7) is 4.47. The van der Waals surface area contributed by atoms with Gasteiger partial charge in [0.25, 0.3) is 0 Å². The summed E-state index contributed by atoms with van der Waals surface area (Å²) in [7, 11) is -4.34. The third-order valence-electron chi connectivity index (χ3n) is 14.6. The molecule has 2 unspecified atom stereocenters. The minimum absolute atomic E-state index is 0.0347. The first kappa shape index (κ1) is 70.7. The molecule has 2 atom stereocenters. The summed E-state index contributed by atoms with van der Waals surface area (Å²) in [6, 6.07) is 0. The van der Waals surface area contributed by atoms with Crippen LogP contribution in [0.25, 0.3) is 0 Å². The highest BCUT2D eigenvalue weighted by atomic mass is 31.2. The number of hydrogen-bond acceptors (Lipinski definition) is 17. The lowest BCUT2D eigenvalue weighted by Gasteiger charge is -2.18. The average Bonchev–Trinajstić information content (AvgIpc) is 3.42. The van der Waals surface area contributed by atoms with Crippen molar-refractivity contribution in [2.45, 2.75) is 346 Å². The molecule has 2 saturated carbocycles. The van der Waals surface area contributed by atoms with Crippen LogP contribution in [0.4, 0.5) is 0 Å². The third kappa shape index (κ3) is 49.1. The first-order valence-corrected chi connectivity index (χ1v) is 32.4. The number of hydrogen-bond donors (Lipinski definition) is 1. The Morgan fingerprint density at radius 1 is 0.333 bits per heavy atom. The Morgan fingerprint density at radius 3 is 0.893 bits per heavy atom. The smallest absolute Gasteiger partial charge is 0.302 e. The Hall–Kier alpha value is -0.450. The van der Waals surface area contributed by atoms with Gasteiger partial charge in [0.15, 0.2) is 0 Å². The molecule has 0 bridgehead atoms. The standard InChI is InChI=1S/C56H111O18P/c1-3-5-7-9-11-13-15-17-19-21-23-25-27-29-31-35-43-55(63-67-71-73-69-65-61-53-45-37-33-38-46-53)49-41-51-59-75(57,58)60-52-42-50-56(64-68-72-74-70-66-62-54-47-39-34-40-48-54)44-36-32-30-28-26-24-22-20-18-16-14-12-10-8-6-4-2/h53-56H,3-52H2,1-2H3,(H,57,58). The van der Waals surface area contributed by atoms with E-state index in [0.717, 1.165) is 89.9 Å². The topological polar surface area (TPSA) is 185 Å². The maximum atomic E-state index is 12.8. The molecule has 0 aromatic carbocycles. The van der Waals surface area contributed by atoms with Crippen molar-refractivity contribution >= 4 is 7.82 Å². The van der Waals surface area contributed by atoms with E-state index in [2.05, 4.69) is 54.2 Å². The van der Waals surface area contributed by atoms with Crippen molar-refractivity contribution in [3.8, 4) is 0 Å². The first-order chi connectivity index (χ1) is 37.0. The number of phosphoric acid groups is 1. The predicted octanol–water partition coefficient (Wildman–Crippen LogP) is 18.6. The fourth-order valence-corrected chi connectivity index (χ4v) is 10.8. The largest absolute Gasteiger partial charge is 0.472 e. The minimum Gasteiger partial charge on any atom is -0.302 e. The molecule has 0 heterocycles. The Morgan fingerprint density at radius 2 is 0.587 bits per heavy atom. The van der Waals surface area contributed by atoms with E-state index >= 15 is 0 Å². The van der Waals surface area contributed by atoms with E-state index in [1.165, 1.54) is 180 Å². The van der Waals surface area contributed by atoms with Crippen LogP contribution in [0.3, 0.4) is 0 Å². The number of phosphoric ester groups is 1. The van der Waals surface area contributed by atoms with Crippen LogP contribution >= 0.6 is 7.82 Å².